The molecule has 0 fully saturated rings. The predicted molar refractivity (Wildman–Crippen MR) is 93.4 cm³/mol. The van der Waals surface area contributed by atoms with Gasteiger partial charge in [-0.15, -0.1) is 11.3 Å². The van der Waals surface area contributed by atoms with Crippen molar-refractivity contribution in [1.29, 1.82) is 0 Å². The number of anilines is 1. The van der Waals surface area contributed by atoms with Crippen LogP contribution in [0.15, 0.2) is 18.5 Å². The van der Waals surface area contributed by atoms with Crippen LogP contribution >= 0.6 is 11.3 Å². The summed E-state index contributed by atoms with van der Waals surface area (Å²) in [6, 6.07) is 1.23. The quantitative estimate of drug-likeness (QED) is 0.711. The number of nitrogens with one attached hydrogen (secondary N) is 1. The molecule has 0 aromatic carbocycles. The number of amides is 2. The number of primary amides is 1. The van der Waals surface area contributed by atoms with Crippen molar-refractivity contribution >= 4 is 39.1 Å². The van der Waals surface area contributed by atoms with Gasteiger partial charge in [-0.25, -0.2) is 13.8 Å². The first-order valence-electron chi connectivity index (χ1n) is 7.57. The van der Waals surface area contributed by atoms with E-state index in [9.17, 15) is 18.4 Å². The third kappa shape index (κ3) is 3.40. The predicted octanol–water partition coefficient (Wildman–Crippen LogP) is 2.78. The number of alkyl halides is 2. The Labute approximate surface area is 150 Å². The standard InChI is InChI=1S/C16H15F2N5O2S/c1-7-4-20-23(5-7)6-10(24)22-12-11-8(2)3-9(14(17)18)21-16(11)26-13(12)15(19)25/h3-5,14H,6H2,1-2H3,(H2,19,25)(H,22,24). The highest BCUT2D eigenvalue weighted by atomic mass is 32.1. The summed E-state index contributed by atoms with van der Waals surface area (Å²) in [4.78, 5) is 28.3. The average molecular weight is 379 g/mol. The smallest absolute Gasteiger partial charge is 0.280 e. The minimum absolute atomic E-state index is 0.0620. The Hall–Kier alpha value is -2.88. The van der Waals surface area contributed by atoms with Crippen LogP contribution in [-0.4, -0.2) is 26.6 Å². The second-order valence-electron chi connectivity index (χ2n) is 5.78. The molecule has 0 aliphatic rings. The molecule has 3 aromatic heterocycles. The lowest BCUT2D eigenvalue weighted by atomic mass is 10.1. The minimum atomic E-state index is -2.74. The van der Waals surface area contributed by atoms with E-state index in [1.165, 1.54) is 10.7 Å². The van der Waals surface area contributed by atoms with Crippen LogP contribution < -0.4 is 11.1 Å². The van der Waals surface area contributed by atoms with E-state index in [4.69, 9.17) is 5.73 Å². The van der Waals surface area contributed by atoms with Crippen molar-refractivity contribution in [3.63, 3.8) is 0 Å². The number of halogens is 2. The maximum atomic E-state index is 13.0. The minimum Gasteiger partial charge on any atom is -0.365 e. The van der Waals surface area contributed by atoms with Crippen molar-refractivity contribution in [2.24, 2.45) is 5.73 Å². The SMILES string of the molecule is Cc1cnn(CC(=O)Nc2c(C(N)=O)sc3nc(C(F)F)cc(C)c23)c1. The Morgan fingerprint density at radius 1 is 1.38 bits per heavy atom. The number of nitrogens with zero attached hydrogens (tertiary/aromatic N) is 3. The molecule has 3 N–H and O–H groups in total. The number of fused-ring (bicyclic) bond motifs is 1. The van der Waals surface area contributed by atoms with Crippen molar-refractivity contribution in [2.75, 3.05) is 5.32 Å². The van der Waals surface area contributed by atoms with E-state index in [1.807, 2.05) is 6.92 Å². The lowest BCUT2D eigenvalue weighted by molar-refractivity contribution is -0.116. The van der Waals surface area contributed by atoms with Gasteiger partial charge in [-0.2, -0.15) is 5.10 Å². The molecule has 0 unspecified atom stereocenters. The van der Waals surface area contributed by atoms with Crippen molar-refractivity contribution < 1.29 is 18.4 Å². The summed E-state index contributed by atoms with van der Waals surface area (Å²) in [7, 11) is 0. The van der Waals surface area contributed by atoms with E-state index in [1.54, 1.807) is 19.3 Å². The van der Waals surface area contributed by atoms with Gasteiger partial charge in [0.1, 0.15) is 21.9 Å². The Morgan fingerprint density at radius 3 is 2.69 bits per heavy atom. The van der Waals surface area contributed by atoms with E-state index >= 15 is 0 Å². The van der Waals surface area contributed by atoms with Crippen LogP contribution in [0.4, 0.5) is 14.5 Å². The number of aryl methyl sites for hydroxylation is 2. The van der Waals surface area contributed by atoms with Gasteiger partial charge in [0.2, 0.25) is 5.91 Å². The number of aromatic nitrogens is 3. The molecule has 0 bridgehead atoms. The first-order chi connectivity index (χ1) is 12.3. The molecule has 7 nitrogen and oxygen atoms in total. The lowest BCUT2D eigenvalue weighted by Gasteiger charge is -2.08. The molecule has 0 spiro atoms. The van der Waals surface area contributed by atoms with Gasteiger partial charge in [0.05, 0.1) is 11.9 Å². The van der Waals surface area contributed by atoms with Crippen LogP contribution in [0, 0.1) is 13.8 Å². The third-order valence-corrected chi connectivity index (χ3v) is 4.76. The molecule has 0 saturated carbocycles. The summed E-state index contributed by atoms with van der Waals surface area (Å²) in [5, 5.41) is 7.10. The fourth-order valence-corrected chi connectivity index (χ4v) is 3.66. The second kappa shape index (κ2) is 6.79. The Morgan fingerprint density at radius 2 is 2.12 bits per heavy atom. The number of nitrogens with two attached hydrogens (primary N) is 1. The summed E-state index contributed by atoms with van der Waals surface area (Å²) in [5.74, 6) is -1.19. The number of carbonyl (C=O) groups is 2. The molecule has 0 aliphatic heterocycles. The van der Waals surface area contributed by atoms with Crippen LogP contribution in [-0.2, 0) is 11.3 Å². The van der Waals surface area contributed by atoms with Crippen molar-refractivity contribution in [3.8, 4) is 0 Å². The molecule has 2 amide bonds. The molecule has 3 aromatic rings. The van der Waals surface area contributed by atoms with Gasteiger partial charge in [0.25, 0.3) is 12.3 Å². The monoisotopic (exact) mass is 379 g/mol. The zero-order valence-electron chi connectivity index (χ0n) is 13.9. The Kier molecular flexibility index (Phi) is 4.68. The van der Waals surface area contributed by atoms with Crippen LogP contribution in [0.3, 0.4) is 0 Å². The summed E-state index contributed by atoms with van der Waals surface area (Å²) in [6.07, 6.45) is 0.572. The van der Waals surface area contributed by atoms with E-state index in [2.05, 4.69) is 15.4 Å². The summed E-state index contributed by atoms with van der Waals surface area (Å²) < 4.78 is 27.4. The van der Waals surface area contributed by atoms with Gasteiger partial charge in [-0.3, -0.25) is 14.3 Å². The van der Waals surface area contributed by atoms with Gasteiger partial charge in [0.15, 0.2) is 0 Å². The molecule has 136 valence electrons. The fourth-order valence-electron chi connectivity index (χ4n) is 2.59. The highest BCUT2D eigenvalue weighted by Gasteiger charge is 2.23. The average Bonchev–Trinajstić information content (AvgIpc) is 3.11. The highest BCUT2D eigenvalue weighted by Crippen LogP contribution is 2.38. The topological polar surface area (TPSA) is 103 Å². The maximum absolute atomic E-state index is 13.0. The van der Waals surface area contributed by atoms with Crippen LogP contribution in [0.25, 0.3) is 10.2 Å². The van der Waals surface area contributed by atoms with Gasteiger partial charge in [0, 0.05) is 11.6 Å². The van der Waals surface area contributed by atoms with E-state index in [-0.39, 0.29) is 21.9 Å². The normalized spacial score (nSPS) is 11.3. The Bertz CT molecular complexity index is 1010. The van der Waals surface area contributed by atoms with Crippen LogP contribution in [0.5, 0.6) is 0 Å². The van der Waals surface area contributed by atoms with Crippen molar-refractivity contribution in [3.05, 3.63) is 40.2 Å². The fraction of sp³-hybridized carbons (Fsp3) is 0.250. The molecular weight excluding hydrogens is 364 g/mol. The molecular formula is C16H15F2N5O2S. The molecule has 26 heavy (non-hydrogen) atoms. The number of hydrogen-bond acceptors (Lipinski definition) is 5. The summed E-state index contributed by atoms with van der Waals surface area (Å²) in [6.45, 7) is 3.39. The number of hydrogen-bond donors (Lipinski definition) is 2. The van der Waals surface area contributed by atoms with Crippen molar-refractivity contribution in [2.45, 2.75) is 26.8 Å². The first-order valence-corrected chi connectivity index (χ1v) is 8.38. The maximum Gasteiger partial charge on any atom is 0.280 e. The molecule has 0 aliphatic carbocycles. The Balaban J connectivity index is 2.01. The van der Waals surface area contributed by atoms with Crippen LogP contribution in [0.2, 0.25) is 0 Å². The van der Waals surface area contributed by atoms with E-state index in [0.717, 1.165) is 16.9 Å². The van der Waals surface area contributed by atoms with E-state index < -0.39 is 23.9 Å². The highest BCUT2D eigenvalue weighted by molar-refractivity contribution is 7.21. The van der Waals surface area contributed by atoms with Gasteiger partial charge < -0.3 is 11.1 Å². The third-order valence-electron chi connectivity index (χ3n) is 3.66. The lowest BCUT2D eigenvalue weighted by Crippen LogP contribution is -2.21. The largest absolute Gasteiger partial charge is 0.365 e. The number of thiophene rings is 1. The number of pyridine rings is 1. The number of rotatable bonds is 5. The van der Waals surface area contributed by atoms with Crippen LogP contribution in [0.1, 0.15) is 32.9 Å². The second-order valence-corrected chi connectivity index (χ2v) is 6.78. The zero-order chi connectivity index (χ0) is 19.0. The van der Waals surface area contributed by atoms with Gasteiger partial charge in [-0.1, -0.05) is 0 Å². The molecule has 10 heteroatoms. The molecule has 0 atom stereocenters. The molecule has 0 radical (unpaired) electrons. The summed E-state index contributed by atoms with van der Waals surface area (Å²) >= 11 is 0.874. The van der Waals surface area contributed by atoms with Gasteiger partial charge >= 0.3 is 0 Å². The first kappa shape index (κ1) is 17.9. The zero-order valence-corrected chi connectivity index (χ0v) is 14.7. The number of carbonyl (C=O) groups excluding carboxylic acids is 2. The molecule has 3 heterocycles. The van der Waals surface area contributed by atoms with Crippen molar-refractivity contribution in [1.82, 2.24) is 14.8 Å². The molecule has 0 saturated heterocycles. The van der Waals surface area contributed by atoms with Gasteiger partial charge in [-0.05, 0) is 31.0 Å². The van der Waals surface area contributed by atoms with E-state index in [0.29, 0.717) is 10.9 Å². The summed E-state index contributed by atoms with van der Waals surface area (Å²) in [5.41, 5.74) is 6.56. The molecule has 3 rings (SSSR count).